The van der Waals surface area contributed by atoms with Gasteiger partial charge < -0.3 is 4.42 Å². The summed E-state index contributed by atoms with van der Waals surface area (Å²) in [6.45, 7) is 1.92. The minimum atomic E-state index is 0.310. The molecule has 1 heterocycles. The standard InChI is InChI=1S/C12H8ClNO/c1-8-10(3-2-4-11(8)13)12-6-5-9(7-14)15-12/h2-6H,1H3. The zero-order valence-corrected chi connectivity index (χ0v) is 8.88. The molecule has 1 aromatic carbocycles. The molecular weight excluding hydrogens is 210 g/mol. The summed E-state index contributed by atoms with van der Waals surface area (Å²) in [6.07, 6.45) is 0. The molecule has 0 radical (unpaired) electrons. The van der Waals surface area contributed by atoms with E-state index in [1.54, 1.807) is 12.1 Å². The van der Waals surface area contributed by atoms with E-state index in [1.807, 2.05) is 31.2 Å². The number of rotatable bonds is 1. The van der Waals surface area contributed by atoms with Gasteiger partial charge in [0.25, 0.3) is 0 Å². The zero-order valence-electron chi connectivity index (χ0n) is 8.12. The van der Waals surface area contributed by atoms with Gasteiger partial charge in [-0.2, -0.15) is 5.26 Å². The third-order valence-electron chi connectivity index (χ3n) is 2.25. The summed E-state index contributed by atoms with van der Waals surface area (Å²) in [5.74, 6) is 0.982. The Hall–Kier alpha value is -1.72. The second-order valence-electron chi connectivity index (χ2n) is 3.19. The molecule has 2 rings (SSSR count). The van der Waals surface area contributed by atoms with Gasteiger partial charge in [0.1, 0.15) is 11.8 Å². The number of halogens is 1. The third-order valence-corrected chi connectivity index (χ3v) is 2.66. The maximum atomic E-state index is 8.65. The van der Waals surface area contributed by atoms with Crippen LogP contribution in [0.25, 0.3) is 11.3 Å². The van der Waals surface area contributed by atoms with Crippen molar-refractivity contribution in [2.45, 2.75) is 6.92 Å². The lowest BCUT2D eigenvalue weighted by atomic mass is 10.1. The van der Waals surface area contributed by atoms with E-state index in [1.165, 1.54) is 0 Å². The Morgan fingerprint density at radius 3 is 2.73 bits per heavy atom. The molecule has 0 aliphatic rings. The Kier molecular flexibility index (Phi) is 2.49. The average molecular weight is 218 g/mol. The number of nitrogens with zero attached hydrogens (tertiary/aromatic N) is 1. The molecule has 2 aromatic rings. The van der Waals surface area contributed by atoms with Crippen molar-refractivity contribution < 1.29 is 4.42 Å². The van der Waals surface area contributed by atoms with E-state index >= 15 is 0 Å². The highest BCUT2D eigenvalue weighted by molar-refractivity contribution is 6.31. The highest BCUT2D eigenvalue weighted by Gasteiger charge is 2.08. The molecule has 0 aliphatic heterocycles. The van der Waals surface area contributed by atoms with Crippen LogP contribution < -0.4 is 0 Å². The van der Waals surface area contributed by atoms with Gasteiger partial charge in [0.2, 0.25) is 5.76 Å². The second-order valence-corrected chi connectivity index (χ2v) is 3.60. The molecule has 0 aliphatic carbocycles. The van der Waals surface area contributed by atoms with E-state index in [-0.39, 0.29) is 0 Å². The van der Waals surface area contributed by atoms with Gasteiger partial charge in [0, 0.05) is 10.6 Å². The summed E-state index contributed by atoms with van der Waals surface area (Å²) in [4.78, 5) is 0. The summed E-state index contributed by atoms with van der Waals surface area (Å²) in [5, 5.41) is 9.35. The first-order valence-corrected chi connectivity index (χ1v) is 4.85. The van der Waals surface area contributed by atoms with Crippen LogP contribution in [0.1, 0.15) is 11.3 Å². The van der Waals surface area contributed by atoms with Gasteiger partial charge in [-0.15, -0.1) is 0 Å². The first-order valence-electron chi connectivity index (χ1n) is 4.48. The van der Waals surface area contributed by atoms with Crippen LogP contribution in [0.5, 0.6) is 0 Å². The fraction of sp³-hybridized carbons (Fsp3) is 0.0833. The molecule has 0 unspecified atom stereocenters. The van der Waals surface area contributed by atoms with Crippen LogP contribution in [-0.4, -0.2) is 0 Å². The largest absolute Gasteiger partial charge is 0.446 e. The van der Waals surface area contributed by atoms with Crippen LogP contribution in [0.4, 0.5) is 0 Å². The molecule has 0 saturated heterocycles. The lowest BCUT2D eigenvalue weighted by Gasteiger charge is -2.03. The zero-order chi connectivity index (χ0) is 10.8. The van der Waals surface area contributed by atoms with Gasteiger partial charge in [-0.3, -0.25) is 0 Å². The lowest BCUT2D eigenvalue weighted by molar-refractivity contribution is 0.567. The number of nitriles is 1. The molecule has 74 valence electrons. The Morgan fingerprint density at radius 2 is 2.07 bits per heavy atom. The van der Waals surface area contributed by atoms with Crippen molar-refractivity contribution in [2.75, 3.05) is 0 Å². The van der Waals surface area contributed by atoms with Gasteiger partial charge in [-0.05, 0) is 30.7 Å². The van der Waals surface area contributed by atoms with Crippen molar-refractivity contribution in [3.63, 3.8) is 0 Å². The van der Waals surface area contributed by atoms with Crippen molar-refractivity contribution in [3.05, 3.63) is 46.7 Å². The molecule has 0 saturated carbocycles. The number of furan rings is 1. The quantitative estimate of drug-likeness (QED) is 0.729. The van der Waals surface area contributed by atoms with Gasteiger partial charge in [0.05, 0.1) is 0 Å². The molecule has 0 N–H and O–H groups in total. The maximum absolute atomic E-state index is 8.65. The predicted octanol–water partition coefficient (Wildman–Crippen LogP) is 3.78. The van der Waals surface area contributed by atoms with E-state index in [4.69, 9.17) is 21.3 Å². The lowest BCUT2D eigenvalue weighted by Crippen LogP contribution is -1.81. The highest BCUT2D eigenvalue weighted by atomic mass is 35.5. The Labute approximate surface area is 92.7 Å². The van der Waals surface area contributed by atoms with Crippen molar-refractivity contribution in [1.29, 1.82) is 5.26 Å². The normalized spacial score (nSPS) is 9.93. The van der Waals surface area contributed by atoms with E-state index in [0.717, 1.165) is 11.1 Å². The van der Waals surface area contributed by atoms with Gasteiger partial charge in [0.15, 0.2) is 0 Å². The SMILES string of the molecule is Cc1c(Cl)cccc1-c1ccc(C#N)o1. The summed E-state index contributed by atoms with van der Waals surface area (Å²) in [6, 6.07) is 11.0. The fourth-order valence-corrected chi connectivity index (χ4v) is 1.59. The first kappa shape index (κ1) is 9.82. The molecule has 0 amide bonds. The molecule has 3 heteroatoms. The van der Waals surface area contributed by atoms with Crippen LogP contribution in [0.3, 0.4) is 0 Å². The molecule has 0 bridgehead atoms. The van der Waals surface area contributed by atoms with E-state index in [2.05, 4.69) is 0 Å². The summed E-state index contributed by atoms with van der Waals surface area (Å²) < 4.78 is 5.33. The Morgan fingerprint density at radius 1 is 1.27 bits per heavy atom. The molecular formula is C12H8ClNO. The average Bonchev–Trinajstić information content (AvgIpc) is 2.70. The van der Waals surface area contributed by atoms with Crippen LogP contribution in [0.15, 0.2) is 34.7 Å². The molecule has 1 aromatic heterocycles. The molecule has 0 fully saturated rings. The highest BCUT2D eigenvalue weighted by Crippen LogP contribution is 2.29. The minimum absolute atomic E-state index is 0.310. The molecule has 2 nitrogen and oxygen atoms in total. The third kappa shape index (κ3) is 1.74. The van der Waals surface area contributed by atoms with Gasteiger partial charge in [-0.1, -0.05) is 23.7 Å². The first-order chi connectivity index (χ1) is 7.22. The van der Waals surface area contributed by atoms with Crippen LogP contribution in [-0.2, 0) is 0 Å². The smallest absolute Gasteiger partial charge is 0.204 e. The van der Waals surface area contributed by atoms with Gasteiger partial charge >= 0.3 is 0 Å². The molecule has 0 spiro atoms. The number of hydrogen-bond donors (Lipinski definition) is 0. The summed E-state index contributed by atoms with van der Waals surface area (Å²) in [5.41, 5.74) is 1.88. The van der Waals surface area contributed by atoms with Crippen molar-refractivity contribution in [2.24, 2.45) is 0 Å². The monoisotopic (exact) mass is 217 g/mol. The van der Waals surface area contributed by atoms with Crippen LogP contribution in [0, 0.1) is 18.3 Å². The second kappa shape index (κ2) is 3.80. The minimum Gasteiger partial charge on any atom is -0.446 e. The maximum Gasteiger partial charge on any atom is 0.204 e. The Balaban J connectivity index is 2.55. The van der Waals surface area contributed by atoms with E-state index < -0.39 is 0 Å². The van der Waals surface area contributed by atoms with Crippen molar-refractivity contribution in [3.8, 4) is 17.4 Å². The number of hydrogen-bond acceptors (Lipinski definition) is 2. The number of benzene rings is 1. The van der Waals surface area contributed by atoms with Crippen molar-refractivity contribution in [1.82, 2.24) is 0 Å². The summed E-state index contributed by atoms with van der Waals surface area (Å²) in [7, 11) is 0. The fourth-order valence-electron chi connectivity index (χ4n) is 1.42. The van der Waals surface area contributed by atoms with Crippen molar-refractivity contribution >= 4 is 11.6 Å². The van der Waals surface area contributed by atoms with Gasteiger partial charge in [-0.25, -0.2) is 0 Å². The van der Waals surface area contributed by atoms with E-state index in [0.29, 0.717) is 16.5 Å². The summed E-state index contributed by atoms with van der Waals surface area (Å²) >= 11 is 6.00. The Bertz CT molecular complexity index is 537. The molecule has 0 atom stereocenters. The van der Waals surface area contributed by atoms with Crippen LogP contribution >= 0.6 is 11.6 Å². The van der Waals surface area contributed by atoms with Crippen LogP contribution in [0.2, 0.25) is 5.02 Å². The van der Waals surface area contributed by atoms with E-state index in [9.17, 15) is 0 Å². The topological polar surface area (TPSA) is 36.9 Å². The predicted molar refractivity (Wildman–Crippen MR) is 58.6 cm³/mol. The molecule has 15 heavy (non-hydrogen) atoms.